The molecule has 1 aromatic heterocycles. The van der Waals surface area contributed by atoms with Gasteiger partial charge in [-0.3, -0.25) is 10.1 Å². The van der Waals surface area contributed by atoms with Crippen molar-refractivity contribution < 1.29 is 19.1 Å². The number of rotatable bonds is 4. The van der Waals surface area contributed by atoms with Crippen molar-refractivity contribution in [2.24, 2.45) is 7.05 Å². The lowest BCUT2D eigenvalue weighted by atomic mass is 10.2. The van der Waals surface area contributed by atoms with E-state index in [-0.39, 0.29) is 11.7 Å². The smallest absolute Gasteiger partial charge is 0.337 e. The summed E-state index contributed by atoms with van der Waals surface area (Å²) in [5.41, 5.74) is 1.13. The van der Waals surface area contributed by atoms with Crippen molar-refractivity contribution in [3.8, 4) is 0 Å². The van der Waals surface area contributed by atoms with Gasteiger partial charge in [0.05, 0.1) is 18.9 Å². The largest absolute Gasteiger partial charge is 0.465 e. The van der Waals surface area contributed by atoms with Gasteiger partial charge in [0.2, 0.25) is 5.95 Å². The van der Waals surface area contributed by atoms with E-state index in [0.29, 0.717) is 16.9 Å². The third kappa shape index (κ3) is 3.73. The Balaban J connectivity index is 2.08. The summed E-state index contributed by atoms with van der Waals surface area (Å²) in [6, 6.07) is 5.77. The fraction of sp³-hybridized carbons (Fsp3) is 0.200. The number of esters is 1. The van der Waals surface area contributed by atoms with Crippen LogP contribution >= 0.6 is 0 Å². The second-order valence-corrected chi connectivity index (χ2v) is 4.73. The van der Waals surface area contributed by atoms with Crippen LogP contribution in [-0.2, 0) is 11.8 Å². The van der Waals surface area contributed by atoms with Crippen molar-refractivity contribution in [3.05, 3.63) is 41.7 Å². The summed E-state index contributed by atoms with van der Waals surface area (Å²) in [7, 11) is 2.90. The number of anilines is 2. The zero-order valence-corrected chi connectivity index (χ0v) is 12.9. The van der Waals surface area contributed by atoms with Crippen molar-refractivity contribution >= 4 is 29.4 Å². The van der Waals surface area contributed by atoms with Crippen LogP contribution in [0, 0.1) is 0 Å². The summed E-state index contributed by atoms with van der Waals surface area (Å²) in [5, 5.41) is 5.11. The van der Waals surface area contributed by atoms with Crippen LogP contribution in [0.4, 0.5) is 16.4 Å². The molecule has 120 valence electrons. The first-order valence-electron chi connectivity index (χ1n) is 6.71. The van der Waals surface area contributed by atoms with Gasteiger partial charge < -0.3 is 14.6 Å². The van der Waals surface area contributed by atoms with Gasteiger partial charge in [-0.2, -0.15) is 0 Å². The lowest BCUT2D eigenvalue weighted by Gasteiger charge is -2.09. The molecular weight excluding hydrogens is 300 g/mol. The predicted molar refractivity (Wildman–Crippen MR) is 83.6 cm³/mol. The number of amides is 2. The molecule has 0 saturated carbocycles. The maximum Gasteiger partial charge on any atom is 0.337 e. The molecule has 0 unspecified atom stereocenters. The molecule has 23 heavy (non-hydrogen) atoms. The summed E-state index contributed by atoms with van der Waals surface area (Å²) in [5.74, 6) is -0.416. The Hall–Kier alpha value is -3.16. The number of aromatic nitrogens is 2. The van der Waals surface area contributed by atoms with Gasteiger partial charge in [0, 0.05) is 19.7 Å². The molecule has 8 nitrogen and oxygen atoms in total. The highest BCUT2D eigenvalue weighted by Gasteiger charge is 2.13. The molecule has 8 heteroatoms. The highest BCUT2D eigenvalue weighted by molar-refractivity contribution is 6.00. The van der Waals surface area contributed by atoms with Crippen LogP contribution in [0.3, 0.4) is 0 Å². The van der Waals surface area contributed by atoms with Gasteiger partial charge in [0.25, 0.3) is 0 Å². The molecule has 0 spiro atoms. The second-order valence-electron chi connectivity index (χ2n) is 4.73. The third-order valence-corrected chi connectivity index (χ3v) is 3.12. The Morgan fingerprint density at radius 2 is 1.96 bits per heavy atom. The molecule has 0 atom stereocenters. The van der Waals surface area contributed by atoms with Gasteiger partial charge >= 0.3 is 12.0 Å². The van der Waals surface area contributed by atoms with Crippen LogP contribution in [0.15, 0.2) is 30.5 Å². The Morgan fingerprint density at radius 3 is 2.57 bits per heavy atom. The fourth-order valence-corrected chi connectivity index (χ4v) is 1.96. The van der Waals surface area contributed by atoms with E-state index < -0.39 is 12.0 Å². The minimum atomic E-state index is -0.546. The number of methoxy groups -OCH3 is 1. The first-order chi connectivity index (χ1) is 10.9. The Labute approximate surface area is 132 Å². The second kappa shape index (κ2) is 6.73. The maximum atomic E-state index is 12.0. The topological polar surface area (TPSA) is 102 Å². The molecule has 0 saturated heterocycles. The molecule has 0 bridgehead atoms. The summed E-state index contributed by atoms with van der Waals surface area (Å²) in [6.45, 7) is 1.42. The number of carbonyl (C=O) groups excluding carboxylic acids is 3. The first kappa shape index (κ1) is 16.2. The van der Waals surface area contributed by atoms with Gasteiger partial charge in [-0.05, 0) is 18.2 Å². The molecule has 1 heterocycles. The van der Waals surface area contributed by atoms with E-state index in [4.69, 9.17) is 0 Å². The zero-order chi connectivity index (χ0) is 17.0. The normalized spacial score (nSPS) is 10.0. The van der Waals surface area contributed by atoms with E-state index in [1.165, 1.54) is 30.9 Å². The molecule has 0 radical (unpaired) electrons. The lowest BCUT2D eigenvalue weighted by molar-refractivity contribution is 0.0600. The number of hydrogen-bond donors (Lipinski definition) is 2. The number of urea groups is 1. The van der Waals surface area contributed by atoms with E-state index in [1.54, 1.807) is 25.2 Å². The molecule has 2 N–H and O–H groups in total. The molecule has 0 aliphatic heterocycles. The third-order valence-electron chi connectivity index (χ3n) is 3.12. The van der Waals surface area contributed by atoms with Gasteiger partial charge in [-0.1, -0.05) is 6.07 Å². The zero-order valence-electron chi connectivity index (χ0n) is 12.9. The minimum Gasteiger partial charge on any atom is -0.465 e. The van der Waals surface area contributed by atoms with Crippen LogP contribution in [0.25, 0.3) is 0 Å². The molecule has 2 aromatic rings. The fourth-order valence-electron chi connectivity index (χ4n) is 1.96. The monoisotopic (exact) mass is 316 g/mol. The van der Waals surface area contributed by atoms with Gasteiger partial charge in [0.15, 0.2) is 5.78 Å². The number of ether oxygens (including phenoxy) is 1. The van der Waals surface area contributed by atoms with Crippen molar-refractivity contribution in [1.29, 1.82) is 0 Å². The van der Waals surface area contributed by atoms with Crippen molar-refractivity contribution in [3.63, 3.8) is 0 Å². The van der Waals surface area contributed by atoms with Crippen molar-refractivity contribution in [1.82, 2.24) is 9.55 Å². The average molecular weight is 316 g/mol. The minimum absolute atomic E-state index is 0.153. The highest BCUT2D eigenvalue weighted by Crippen LogP contribution is 2.13. The van der Waals surface area contributed by atoms with Crippen LogP contribution < -0.4 is 10.6 Å². The number of carbonyl (C=O) groups is 3. The molecule has 0 fully saturated rings. The van der Waals surface area contributed by atoms with Gasteiger partial charge in [-0.25, -0.2) is 14.6 Å². The molecule has 0 aliphatic rings. The number of hydrogen-bond acceptors (Lipinski definition) is 5. The lowest BCUT2D eigenvalue weighted by Crippen LogP contribution is -2.22. The number of imidazole rings is 1. The van der Waals surface area contributed by atoms with E-state index >= 15 is 0 Å². The van der Waals surface area contributed by atoms with Gasteiger partial charge in [-0.15, -0.1) is 0 Å². The van der Waals surface area contributed by atoms with Crippen molar-refractivity contribution in [2.45, 2.75) is 6.92 Å². The number of nitrogens with zero attached hydrogens (tertiary/aromatic N) is 2. The van der Waals surface area contributed by atoms with Gasteiger partial charge in [0.1, 0.15) is 5.69 Å². The van der Waals surface area contributed by atoms with Crippen LogP contribution in [0.5, 0.6) is 0 Å². The average Bonchev–Trinajstić information content (AvgIpc) is 2.87. The summed E-state index contributed by atoms with van der Waals surface area (Å²) in [6.07, 6.45) is 1.38. The molecule has 2 rings (SSSR count). The van der Waals surface area contributed by atoms with E-state index in [9.17, 15) is 14.4 Å². The highest BCUT2D eigenvalue weighted by atomic mass is 16.5. The Morgan fingerprint density at radius 1 is 1.22 bits per heavy atom. The number of nitrogens with one attached hydrogen (secondary N) is 2. The van der Waals surface area contributed by atoms with Crippen LogP contribution in [0.1, 0.15) is 27.8 Å². The quantitative estimate of drug-likeness (QED) is 0.664. The molecule has 1 aromatic carbocycles. The number of benzene rings is 1. The summed E-state index contributed by atoms with van der Waals surface area (Å²) < 4.78 is 6.10. The van der Waals surface area contributed by atoms with E-state index in [1.807, 2.05) is 0 Å². The molecule has 2 amide bonds. The first-order valence-corrected chi connectivity index (χ1v) is 6.71. The van der Waals surface area contributed by atoms with Crippen LogP contribution in [0.2, 0.25) is 0 Å². The maximum absolute atomic E-state index is 12.0. The van der Waals surface area contributed by atoms with E-state index in [2.05, 4.69) is 20.4 Å². The predicted octanol–water partition coefficient (Wildman–Crippen LogP) is 2.05. The summed E-state index contributed by atoms with van der Waals surface area (Å²) >= 11 is 0. The standard InChI is InChI=1S/C15H16N4O4/c1-9(20)12-8-16-14(19(12)2)18-15(22)17-11-6-4-5-10(7-11)13(21)23-3/h4-8H,1-3H3,(H2,16,17,18,22). The summed E-state index contributed by atoms with van der Waals surface area (Å²) in [4.78, 5) is 38.8. The number of Topliss-reactive ketones (excluding diaryl/α,β-unsaturated/α-hetero) is 1. The molecule has 0 aliphatic carbocycles. The molecular formula is C15H16N4O4. The Bertz CT molecular complexity index is 767. The number of ketones is 1. The van der Waals surface area contributed by atoms with E-state index in [0.717, 1.165) is 0 Å². The van der Waals surface area contributed by atoms with Crippen LogP contribution in [-0.4, -0.2) is 34.4 Å². The SMILES string of the molecule is COC(=O)c1cccc(NC(=O)Nc2ncc(C(C)=O)n2C)c1. The van der Waals surface area contributed by atoms with Crippen molar-refractivity contribution in [2.75, 3.05) is 17.7 Å². The Kier molecular flexibility index (Phi) is 4.75.